The lowest BCUT2D eigenvalue weighted by Crippen LogP contribution is -2.38. The van der Waals surface area contributed by atoms with E-state index >= 15 is 0 Å². The molecule has 3 aromatic rings. The van der Waals surface area contributed by atoms with Crippen LogP contribution in [0.15, 0.2) is 28.7 Å². The van der Waals surface area contributed by atoms with Gasteiger partial charge in [-0.1, -0.05) is 5.21 Å². The molecule has 0 spiro atoms. The van der Waals surface area contributed by atoms with E-state index in [1.165, 1.54) is 0 Å². The molecule has 0 unspecified atom stereocenters. The van der Waals surface area contributed by atoms with E-state index in [1.807, 2.05) is 6.20 Å². The van der Waals surface area contributed by atoms with Crippen LogP contribution in [0.2, 0.25) is 0 Å². The maximum Gasteiger partial charge on any atom is 0.265 e. The highest BCUT2D eigenvalue weighted by Gasteiger charge is 2.15. The summed E-state index contributed by atoms with van der Waals surface area (Å²) >= 11 is 1.01. The molecule has 12 heteroatoms. The summed E-state index contributed by atoms with van der Waals surface area (Å²) < 4.78 is 36.3. The monoisotopic (exact) mass is 424 g/mol. The van der Waals surface area contributed by atoms with Crippen molar-refractivity contribution in [3.63, 3.8) is 0 Å². The maximum atomic E-state index is 11.4. The third-order valence-corrected chi connectivity index (χ3v) is 6.64. The van der Waals surface area contributed by atoms with E-state index < -0.39 is 10.0 Å². The van der Waals surface area contributed by atoms with Crippen molar-refractivity contribution in [2.75, 3.05) is 32.8 Å². The van der Waals surface area contributed by atoms with Crippen molar-refractivity contribution in [1.82, 2.24) is 24.9 Å². The Hall–Kier alpha value is -2.12. The van der Waals surface area contributed by atoms with Gasteiger partial charge in [0.25, 0.3) is 10.0 Å². The molecule has 1 aliphatic heterocycles. The van der Waals surface area contributed by atoms with Crippen LogP contribution in [0, 0.1) is 0 Å². The van der Waals surface area contributed by atoms with Gasteiger partial charge in [-0.2, -0.15) is 0 Å². The highest BCUT2D eigenvalue weighted by atomic mass is 32.2. The second kappa shape index (κ2) is 8.09. The Morgan fingerprint density at radius 2 is 2.07 bits per heavy atom. The summed E-state index contributed by atoms with van der Waals surface area (Å²) in [4.78, 5) is 6.35. The van der Waals surface area contributed by atoms with E-state index in [1.54, 1.807) is 22.9 Å². The molecule has 1 fully saturated rings. The number of sulfonamides is 1. The summed E-state index contributed by atoms with van der Waals surface area (Å²) in [6.45, 7) is 5.37. The molecule has 1 aliphatic rings. The third kappa shape index (κ3) is 4.64. The molecule has 0 bridgehead atoms. The van der Waals surface area contributed by atoms with Crippen molar-refractivity contribution in [3.05, 3.63) is 30.1 Å². The molecule has 10 nitrogen and oxygen atoms in total. The Kier molecular flexibility index (Phi) is 5.55. The van der Waals surface area contributed by atoms with E-state index in [0.717, 1.165) is 56.4 Å². The van der Waals surface area contributed by atoms with Crippen LogP contribution in [0.3, 0.4) is 0 Å². The highest BCUT2D eigenvalue weighted by molar-refractivity contribution is 7.91. The Bertz CT molecular complexity index is 1060. The molecule has 0 radical (unpaired) electrons. The second-order valence-electron chi connectivity index (χ2n) is 6.37. The number of hydrogen-bond acceptors (Lipinski definition) is 9. The van der Waals surface area contributed by atoms with E-state index in [0.29, 0.717) is 16.0 Å². The predicted octanol–water partition coefficient (Wildman–Crippen LogP) is 0.446. The molecule has 3 heterocycles. The summed E-state index contributed by atoms with van der Waals surface area (Å²) in [5, 5.41) is 13.4. The van der Waals surface area contributed by atoms with Gasteiger partial charge in [0.05, 0.1) is 36.2 Å². The minimum absolute atomic E-state index is 0.108. The number of primary sulfonamides is 1. The van der Waals surface area contributed by atoms with Gasteiger partial charge in [-0.25, -0.2) is 18.5 Å². The second-order valence-corrected chi connectivity index (χ2v) is 9.14. The van der Waals surface area contributed by atoms with E-state index in [9.17, 15) is 8.42 Å². The fourth-order valence-electron chi connectivity index (χ4n) is 2.84. The molecular weight excluding hydrogens is 404 g/mol. The molecule has 0 saturated carbocycles. The molecule has 4 rings (SSSR count). The van der Waals surface area contributed by atoms with Gasteiger partial charge in [0.1, 0.15) is 18.1 Å². The van der Waals surface area contributed by atoms with Crippen molar-refractivity contribution >= 4 is 31.6 Å². The molecule has 1 aromatic carbocycles. The molecule has 2 aromatic heterocycles. The summed E-state index contributed by atoms with van der Waals surface area (Å²) in [7, 11) is -3.81. The lowest BCUT2D eigenvalue weighted by molar-refractivity contribution is 0.0359. The fourth-order valence-corrected chi connectivity index (χ4v) is 4.52. The number of ether oxygens (including phenoxy) is 2. The first kappa shape index (κ1) is 19.2. The van der Waals surface area contributed by atoms with Crippen LogP contribution in [0.1, 0.15) is 5.69 Å². The first-order chi connectivity index (χ1) is 13.5. The third-order valence-electron chi connectivity index (χ3n) is 4.31. The normalized spacial score (nSPS) is 15.9. The Morgan fingerprint density at radius 1 is 1.25 bits per heavy atom. The number of aromatic nitrogens is 4. The van der Waals surface area contributed by atoms with E-state index in [-0.39, 0.29) is 10.9 Å². The standard InChI is InChI=1S/C16H20N6O4S2/c17-28(23,24)16-18-14-2-1-13(9-15(14)27-16)26-11-12-10-22(20-19-12)4-3-21-5-7-25-8-6-21/h1-2,9-10H,3-8,11H2,(H2,17,23,24). The lowest BCUT2D eigenvalue weighted by Gasteiger charge is -2.26. The topological polar surface area (TPSA) is 125 Å². The van der Waals surface area contributed by atoms with Gasteiger partial charge < -0.3 is 9.47 Å². The molecule has 1 saturated heterocycles. The fraction of sp³-hybridized carbons (Fsp3) is 0.438. The number of nitrogens with zero attached hydrogens (tertiary/aromatic N) is 5. The van der Waals surface area contributed by atoms with Crippen molar-refractivity contribution in [2.45, 2.75) is 17.5 Å². The van der Waals surface area contributed by atoms with Crippen LogP contribution in [-0.2, 0) is 27.9 Å². The molecule has 2 N–H and O–H groups in total. The largest absolute Gasteiger partial charge is 0.487 e. The summed E-state index contributed by atoms with van der Waals surface area (Å²) in [6.07, 6.45) is 1.87. The maximum absolute atomic E-state index is 11.4. The van der Waals surface area contributed by atoms with Gasteiger partial charge in [-0.3, -0.25) is 9.58 Å². The van der Waals surface area contributed by atoms with Crippen LogP contribution in [0.5, 0.6) is 5.75 Å². The number of hydrogen-bond donors (Lipinski definition) is 1. The highest BCUT2D eigenvalue weighted by Crippen LogP contribution is 2.28. The van der Waals surface area contributed by atoms with Gasteiger partial charge in [0.15, 0.2) is 0 Å². The predicted molar refractivity (Wildman–Crippen MR) is 103 cm³/mol. The molecule has 0 atom stereocenters. The average Bonchev–Trinajstić information content (AvgIpc) is 3.31. The number of morpholine rings is 1. The van der Waals surface area contributed by atoms with Crippen molar-refractivity contribution in [2.24, 2.45) is 5.14 Å². The summed E-state index contributed by atoms with van der Waals surface area (Å²) in [5.41, 5.74) is 1.28. The van der Waals surface area contributed by atoms with Gasteiger partial charge in [-0.05, 0) is 18.2 Å². The molecule has 0 amide bonds. The first-order valence-electron chi connectivity index (χ1n) is 8.73. The zero-order valence-corrected chi connectivity index (χ0v) is 16.7. The Balaban J connectivity index is 1.34. The van der Waals surface area contributed by atoms with Gasteiger partial charge in [-0.15, -0.1) is 16.4 Å². The number of fused-ring (bicyclic) bond motifs is 1. The molecule has 0 aliphatic carbocycles. The van der Waals surface area contributed by atoms with Crippen LogP contribution in [0.4, 0.5) is 0 Å². The summed E-state index contributed by atoms with van der Waals surface area (Å²) in [6, 6.07) is 5.18. The Labute approximate surface area is 165 Å². The van der Waals surface area contributed by atoms with Crippen LogP contribution in [-0.4, -0.2) is 66.1 Å². The number of rotatable bonds is 7. The molecule has 28 heavy (non-hydrogen) atoms. The number of benzene rings is 1. The lowest BCUT2D eigenvalue weighted by atomic mass is 10.3. The smallest absolute Gasteiger partial charge is 0.265 e. The quantitative estimate of drug-likeness (QED) is 0.579. The average molecular weight is 425 g/mol. The zero-order chi connectivity index (χ0) is 19.6. The van der Waals surface area contributed by atoms with Gasteiger partial charge in [0, 0.05) is 19.6 Å². The SMILES string of the molecule is NS(=O)(=O)c1nc2ccc(OCc3cn(CCN4CCOCC4)nn3)cc2s1. The van der Waals surface area contributed by atoms with Crippen molar-refractivity contribution in [1.29, 1.82) is 0 Å². The van der Waals surface area contributed by atoms with Crippen LogP contribution >= 0.6 is 11.3 Å². The first-order valence-corrected chi connectivity index (χ1v) is 11.1. The van der Waals surface area contributed by atoms with E-state index in [4.69, 9.17) is 14.6 Å². The minimum Gasteiger partial charge on any atom is -0.487 e. The van der Waals surface area contributed by atoms with Gasteiger partial charge >= 0.3 is 0 Å². The van der Waals surface area contributed by atoms with Crippen LogP contribution in [0.25, 0.3) is 10.2 Å². The minimum atomic E-state index is -3.81. The van der Waals surface area contributed by atoms with Crippen molar-refractivity contribution in [3.8, 4) is 5.75 Å². The molecular formula is C16H20N6O4S2. The van der Waals surface area contributed by atoms with Gasteiger partial charge in [0.2, 0.25) is 4.34 Å². The Morgan fingerprint density at radius 3 is 2.86 bits per heavy atom. The zero-order valence-electron chi connectivity index (χ0n) is 15.0. The van der Waals surface area contributed by atoms with Crippen LogP contribution < -0.4 is 9.88 Å². The van der Waals surface area contributed by atoms with Crippen molar-refractivity contribution < 1.29 is 17.9 Å². The summed E-state index contributed by atoms with van der Waals surface area (Å²) in [5.74, 6) is 0.597. The molecule has 150 valence electrons. The van der Waals surface area contributed by atoms with E-state index in [2.05, 4.69) is 20.2 Å². The number of nitrogens with two attached hydrogens (primary N) is 1. The number of thiazole rings is 1.